The fraction of sp³-hybridized carbons (Fsp3) is 0.125. The number of hydrogen-bond donors (Lipinski definition) is 2. The Bertz CT molecular complexity index is 1210. The van der Waals surface area contributed by atoms with Crippen LogP contribution >= 0.6 is 11.3 Å². The van der Waals surface area contributed by atoms with E-state index in [1.165, 1.54) is 11.3 Å². The van der Waals surface area contributed by atoms with Gasteiger partial charge in [-0.05, 0) is 30.3 Å². The summed E-state index contributed by atoms with van der Waals surface area (Å²) in [4.78, 5) is 22.8. The van der Waals surface area contributed by atoms with Gasteiger partial charge >= 0.3 is 0 Å². The van der Waals surface area contributed by atoms with Crippen LogP contribution in [-0.4, -0.2) is 37.0 Å². The first-order chi connectivity index (χ1) is 15.5. The molecule has 162 valence electrons. The molecule has 7 nitrogen and oxygen atoms in total. The average Bonchev–Trinajstić information content (AvgIpc) is 3.24. The number of anilines is 3. The van der Waals surface area contributed by atoms with Gasteiger partial charge in [-0.15, -0.1) is 0 Å². The van der Waals surface area contributed by atoms with Crippen molar-refractivity contribution in [3.05, 3.63) is 78.5 Å². The Morgan fingerprint density at radius 1 is 1.03 bits per heavy atom. The third-order valence-electron chi connectivity index (χ3n) is 4.60. The van der Waals surface area contributed by atoms with Crippen LogP contribution in [0.25, 0.3) is 11.3 Å². The van der Waals surface area contributed by atoms with Crippen molar-refractivity contribution >= 4 is 33.9 Å². The molecule has 4 aromatic rings. The topological polar surface area (TPSA) is 79.4 Å². The Morgan fingerprint density at radius 2 is 1.78 bits per heavy atom. The van der Waals surface area contributed by atoms with Crippen molar-refractivity contribution in [1.82, 2.24) is 15.3 Å². The number of nitrogens with zero attached hydrogens (tertiary/aromatic N) is 3. The number of ether oxygens (including phenoxy) is 1. The van der Waals surface area contributed by atoms with Crippen LogP contribution in [0.15, 0.2) is 72.9 Å². The zero-order chi connectivity index (χ0) is 22.5. The highest BCUT2D eigenvalue weighted by Crippen LogP contribution is 2.41. The van der Waals surface area contributed by atoms with Crippen LogP contribution in [0.2, 0.25) is 0 Å². The summed E-state index contributed by atoms with van der Waals surface area (Å²) >= 11 is 1.49. The molecule has 0 aliphatic rings. The number of pyridine rings is 1. The Morgan fingerprint density at radius 3 is 2.47 bits per heavy atom. The van der Waals surface area contributed by atoms with E-state index in [-0.39, 0.29) is 5.91 Å². The molecule has 1 amide bonds. The van der Waals surface area contributed by atoms with Gasteiger partial charge in [-0.1, -0.05) is 41.7 Å². The number of hydrogen-bond acceptors (Lipinski definition) is 7. The minimum absolute atomic E-state index is 0.124. The van der Waals surface area contributed by atoms with E-state index in [0.29, 0.717) is 22.2 Å². The normalized spacial score (nSPS) is 10.5. The molecule has 0 bridgehead atoms. The molecular formula is C24H23N5O2S. The molecule has 0 atom stereocenters. The van der Waals surface area contributed by atoms with Crippen molar-refractivity contribution in [2.75, 3.05) is 31.4 Å². The van der Waals surface area contributed by atoms with Crippen LogP contribution in [0.3, 0.4) is 0 Å². The number of carbonyl (C=O) groups is 1. The van der Waals surface area contributed by atoms with Gasteiger partial charge in [-0.25, -0.2) is 9.97 Å². The van der Waals surface area contributed by atoms with Crippen molar-refractivity contribution in [1.29, 1.82) is 0 Å². The molecule has 0 saturated heterocycles. The maximum absolute atomic E-state index is 11.7. The highest BCUT2D eigenvalue weighted by molar-refractivity contribution is 7.17. The number of rotatable bonds is 7. The predicted molar refractivity (Wildman–Crippen MR) is 129 cm³/mol. The Hall–Kier alpha value is -3.91. The lowest BCUT2D eigenvalue weighted by molar-refractivity contribution is 0.0963. The van der Waals surface area contributed by atoms with E-state index in [9.17, 15) is 4.79 Å². The van der Waals surface area contributed by atoms with Crippen LogP contribution in [0, 0.1) is 0 Å². The molecule has 32 heavy (non-hydrogen) atoms. The number of aromatic nitrogens is 2. The van der Waals surface area contributed by atoms with Crippen LogP contribution in [-0.2, 0) is 0 Å². The number of thiazole rings is 1. The molecule has 0 spiro atoms. The number of nitrogens with one attached hydrogen (secondary N) is 2. The highest BCUT2D eigenvalue weighted by Gasteiger charge is 2.17. The summed E-state index contributed by atoms with van der Waals surface area (Å²) in [6.45, 7) is 0. The minimum Gasteiger partial charge on any atom is -0.444 e. The molecular weight excluding hydrogens is 422 g/mol. The summed E-state index contributed by atoms with van der Waals surface area (Å²) in [6.07, 6.45) is 1.69. The summed E-state index contributed by atoms with van der Waals surface area (Å²) in [5, 5.41) is 7.43. The molecule has 0 radical (unpaired) electrons. The lowest BCUT2D eigenvalue weighted by Crippen LogP contribution is -2.17. The third kappa shape index (κ3) is 4.87. The van der Waals surface area contributed by atoms with Gasteiger partial charge in [0.15, 0.2) is 5.13 Å². The lowest BCUT2D eigenvalue weighted by Gasteiger charge is -2.09. The Labute approximate surface area is 190 Å². The number of amides is 1. The second-order valence-electron chi connectivity index (χ2n) is 7.15. The Kier molecular flexibility index (Phi) is 6.32. The second-order valence-corrected chi connectivity index (χ2v) is 8.09. The Balaban J connectivity index is 1.56. The van der Waals surface area contributed by atoms with Crippen molar-refractivity contribution in [2.24, 2.45) is 0 Å². The molecule has 0 saturated carbocycles. The predicted octanol–water partition coefficient (Wildman–Crippen LogP) is 5.17. The van der Waals surface area contributed by atoms with Crippen LogP contribution in [0.4, 0.5) is 16.6 Å². The van der Waals surface area contributed by atoms with E-state index in [2.05, 4.69) is 15.6 Å². The van der Waals surface area contributed by atoms with E-state index >= 15 is 0 Å². The van der Waals surface area contributed by atoms with Crippen molar-refractivity contribution in [3.63, 3.8) is 0 Å². The van der Waals surface area contributed by atoms with E-state index in [0.717, 1.165) is 22.1 Å². The molecule has 0 unspecified atom stereocenters. The highest BCUT2D eigenvalue weighted by atomic mass is 32.1. The fourth-order valence-corrected chi connectivity index (χ4v) is 3.86. The lowest BCUT2D eigenvalue weighted by atomic mass is 10.2. The maximum atomic E-state index is 11.7. The molecule has 2 heterocycles. The standard InChI is InChI=1S/C24H23N5O2S/c1-25-22(30)17-9-11-18(12-10-17)27-20-15-19(13-14-26-20)31-23-21(16-7-5-4-6-8-16)28-24(32-23)29(2)3/h4-15H,1-3H3,(H,25,30)(H,26,27). The van der Waals surface area contributed by atoms with Gasteiger partial charge in [0.2, 0.25) is 5.06 Å². The van der Waals surface area contributed by atoms with Crippen molar-refractivity contribution in [3.8, 4) is 22.1 Å². The van der Waals surface area contributed by atoms with E-state index in [4.69, 9.17) is 9.72 Å². The molecule has 2 N–H and O–H groups in total. The summed E-state index contributed by atoms with van der Waals surface area (Å²) in [5.41, 5.74) is 3.21. The quantitative estimate of drug-likeness (QED) is 0.409. The third-order valence-corrected chi connectivity index (χ3v) is 5.70. The SMILES string of the molecule is CNC(=O)c1ccc(Nc2cc(Oc3sc(N(C)C)nc3-c3ccccc3)ccn2)cc1. The summed E-state index contributed by atoms with van der Waals surface area (Å²) in [6, 6.07) is 20.8. The fourth-order valence-electron chi connectivity index (χ4n) is 2.98. The van der Waals surface area contributed by atoms with Gasteiger partial charge in [-0.2, -0.15) is 0 Å². The zero-order valence-corrected chi connectivity index (χ0v) is 18.8. The first-order valence-corrected chi connectivity index (χ1v) is 10.8. The zero-order valence-electron chi connectivity index (χ0n) is 18.0. The first-order valence-electron chi connectivity index (χ1n) is 10.00. The maximum Gasteiger partial charge on any atom is 0.251 e. The largest absolute Gasteiger partial charge is 0.444 e. The number of benzene rings is 2. The van der Waals surface area contributed by atoms with E-state index in [1.54, 1.807) is 25.4 Å². The van der Waals surface area contributed by atoms with Crippen LogP contribution in [0.1, 0.15) is 10.4 Å². The average molecular weight is 446 g/mol. The molecule has 0 aliphatic carbocycles. The summed E-state index contributed by atoms with van der Waals surface area (Å²) in [7, 11) is 5.53. The van der Waals surface area contributed by atoms with Gasteiger partial charge in [0, 0.05) is 50.2 Å². The van der Waals surface area contributed by atoms with Crippen LogP contribution in [0.5, 0.6) is 10.8 Å². The van der Waals surface area contributed by atoms with Gasteiger partial charge in [0.25, 0.3) is 5.91 Å². The van der Waals surface area contributed by atoms with Crippen molar-refractivity contribution in [2.45, 2.75) is 0 Å². The van der Waals surface area contributed by atoms with E-state index < -0.39 is 0 Å². The van der Waals surface area contributed by atoms with Gasteiger partial charge < -0.3 is 20.3 Å². The molecule has 4 rings (SSSR count). The van der Waals surface area contributed by atoms with E-state index in [1.807, 2.05) is 73.6 Å². The molecule has 0 aliphatic heterocycles. The number of carbonyl (C=O) groups excluding carboxylic acids is 1. The smallest absolute Gasteiger partial charge is 0.251 e. The summed E-state index contributed by atoms with van der Waals surface area (Å²) < 4.78 is 6.23. The van der Waals surface area contributed by atoms with Gasteiger partial charge in [0.05, 0.1) is 0 Å². The summed E-state index contributed by atoms with van der Waals surface area (Å²) in [5.74, 6) is 1.16. The molecule has 0 fully saturated rings. The minimum atomic E-state index is -0.124. The second kappa shape index (κ2) is 9.49. The molecule has 2 aromatic carbocycles. The molecule has 8 heteroatoms. The van der Waals surface area contributed by atoms with Crippen LogP contribution < -0.4 is 20.3 Å². The first kappa shape index (κ1) is 21.3. The van der Waals surface area contributed by atoms with Gasteiger partial charge in [0.1, 0.15) is 17.3 Å². The molecule has 2 aromatic heterocycles. The van der Waals surface area contributed by atoms with Gasteiger partial charge in [-0.3, -0.25) is 4.79 Å². The monoisotopic (exact) mass is 445 g/mol. The van der Waals surface area contributed by atoms with Crippen molar-refractivity contribution < 1.29 is 9.53 Å².